The van der Waals surface area contributed by atoms with Crippen molar-refractivity contribution in [1.82, 2.24) is 5.43 Å². The van der Waals surface area contributed by atoms with E-state index in [0.717, 1.165) is 0 Å². The van der Waals surface area contributed by atoms with Crippen LogP contribution in [0.2, 0.25) is 0 Å². The number of carbonyl (C=O) groups excluding carboxylic acids is 3. The molecule has 0 unspecified atom stereocenters. The number of nitro groups is 1. The van der Waals surface area contributed by atoms with Crippen LogP contribution in [0, 0.1) is 10.1 Å². The number of methoxy groups -OCH3 is 3. The van der Waals surface area contributed by atoms with Crippen molar-refractivity contribution < 1.29 is 43.0 Å². The van der Waals surface area contributed by atoms with Crippen LogP contribution in [0.15, 0.2) is 84.0 Å². The molecule has 0 spiro atoms. The fourth-order valence-electron chi connectivity index (χ4n) is 4.26. The summed E-state index contributed by atoms with van der Waals surface area (Å²) in [6.07, 6.45) is 1.36. The highest BCUT2D eigenvalue weighted by Crippen LogP contribution is 2.39. The molecule has 0 aliphatic rings. The van der Waals surface area contributed by atoms with E-state index in [1.165, 1.54) is 82.1 Å². The number of nitrogens with one attached hydrogen (secondary N) is 2. The van der Waals surface area contributed by atoms with Crippen LogP contribution in [0.4, 0.5) is 11.4 Å². The number of para-hydroxylation sites is 1. The number of hydrogen-bond donors (Lipinski definition) is 2. The predicted molar refractivity (Wildman–Crippen MR) is 171 cm³/mol. The lowest BCUT2D eigenvalue weighted by molar-refractivity contribution is -0.384. The molecule has 14 nitrogen and oxygen atoms in total. The van der Waals surface area contributed by atoms with Crippen LogP contribution < -0.4 is 34.4 Å². The highest BCUT2D eigenvalue weighted by molar-refractivity contribution is 6.09. The minimum absolute atomic E-state index is 0.129. The van der Waals surface area contributed by atoms with Gasteiger partial charge in [-0.25, -0.2) is 10.2 Å². The van der Waals surface area contributed by atoms with Crippen LogP contribution in [-0.4, -0.2) is 56.9 Å². The van der Waals surface area contributed by atoms with E-state index in [2.05, 4.69) is 15.8 Å². The Bertz CT molecular complexity index is 1800. The largest absolute Gasteiger partial charge is 0.493 e. The van der Waals surface area contributed by atoms with Crippen molar-refractivity contribution in [3.05, 3.63) is 111 Å². The van der Waals surface area contributed by atoms with Crippen LogP contribution in [-0.2, 0) is 0 Å². The topological polar surface area (TPSA) is 177 Å². The number of non-ortho nitro benzene ring substituents is 1. The van der Waals surface area contributed by atoms with Gasteiger partial charge in [0.2, 0.25) is 5.75 Å². The second-order valence-corrected chi connectivity index (χ2v) is 9.45. The fraction of sp³-hybridized carbons (Fsp3) is 0.152. The second-order valence-electron chi connectivity index (χ2n) is 9.45. The molecule has 0 fully saturated rings. The third-order valence-corrected chi connectivity index (χ3v) is 6.51. The van der Waals surface area contributed by atoms with Gasteiger partial charge in [-0.3, -0.25) is 19.7 Å². The number of hydrogen-bond acceptors (Lipinski definition) is 11. The van der Waals surface area contributed by atoms with Crippen molar-refractivity contribution in [3.63, 3.8) is 0 Å². The standard InChI is InChI=1S/C33H30N4O10/c1-5-46-27-16-20(10-15-26(27)47-33(40)22-17-28(43-2)30(45-4)29(18-22)44-3)19-34-36-32(39)24-8-6-7-9-25(24)35-31(38)21-11-13-23(14-12-21)37(41)42/h6-19H,5H2,1-4H3,(H,35,38)(H,36,39)/b34-19-. The smallest absolute Gasteiger partial charge is 0.343 e. The first-order chi connectivity index (χ1) is 22.7. The molecule has 242 valence electrons. The van der Waals surface area contributed by atoms with Crippen LogP contribution in [0.5, 0.6) is 28.7 Å². The van der Waals surface area contributed by atoms with E-state index < -0.39 is 22.7 Å². The van der Waals surface area contributed by atoms with Gasteiger partial charge < -0.3 is 29.0 Å². The van der Waals surface area contributed by atoms with E-state index in [1.54, 1.807) is 31.2 Å². The lowest BCUT2D eigenvalue weighted by Gasteiger charge is -2.15. The third kappa shape index (κ3) is 8.19. The van der Waals surface area contributed by atoms with Gasteiger partial charge in [-0.05, 0) is 67.1 Å². The summed E-state index contributed by atoms with van der Waals surface area (Å²) in [5, 5.41) is 17.5. The maximum Gasteiger partial charge on any atom is 0.343 e. The number of ether oxygens (including phenoxy) is 5. The number of esters is 1. The Morgan fingerprint density at radius 2 is 1.49 bits per heavy atom. The van der Waals surface area contributed by atoms with Gasteiger partial charge in [0.1, 0.15) is 0 Å². The monoisotopic (exact) mass is 642 g/mol. The Hall–Kier alpha value is -6.44. The average molecular weight is 643 g/mol. The summed E-state index contributed by atoms with van der Waals surface area (Å²) in [5.74, 6) is -0.572. The summed E-state index contributed by atoms with van der Waals surface area (Å²) in [4.78, 5) is 49.0. The zero-order chi connectivity index (χ0) is 33.9. The van der Waals surface area contributed by atoms with Crippen molar-refractivity contribution in [2.24, 2.45) is 5.10 Å². The molecule has 0 aliphatic heterocycles. The van der Waals surface area contributed by atoms with Gasteiger partial charge in [0.15, 0.2) is 23.0 Å². The number of nitro benzene ring substituents is 1. The molecular weight excluding hydrogens is 612 g/mol. The lowest BCUT2D eigenvalue weighted by Crippen LogP contribution is -2.21. The van der Waals surface area contributed by atoms with E-state index in [0.29, 0.717) is 11.3 Å². The van der Waals surface area contributed by atoms with Gasteiger partial charge in [0.05, 0.1) is 55.9 Å². The van der Waals surface area contributed by atoms with Crippen LogP contribution in [0.25, 0.3) is 0 Å². The molecule has 0 saturated carbocycles. The highest BCUT2D eigenvalue weighted by Gasteiger charge is 2.20. The first kappa shape index (κ1) is 33.5. The quantitative estimate of drug-likeness (QED) is 0.0643. The number of hydrazone groups is 1. The molecule has 0 atom stereocenters. The van der Waals surface area contributed by atoms with Crippen molar-refractivity contribution in [2.45, 2.75) is 6.92 Å². The Morgan fingerprint density at radius 3 is 2.11 bits per heavy atom. The molecule has 0 radical (unpaired) electrons. The molecule has 2 amide bonds. The molecule has 4 aromatic rings. The van der Waals surface area contributed by atoms with Crippen molar-refractivity contribution in [1.29, 1.82) is 0 Å². The first-order valence-corrected chi connectivity index (χ1v) is 14.0. The zero-order valence-corrected chi connectivity index (χ0v) is 25.8. The number of carbonyl (C=O) groups is 3. The van der Waals surface area contributed by atoms with E-state index in [1.807, 2.05) is 0 Å². The average Bonchev–Trinajstić information content (AvgIpc) is 3.08. The molecule has 14 heteroatoms. The van der Waals surface area contributed by atoms with Crippen LogP contribution >= 0.6 is 0 Å². The second kappa shape index (κ2) is 15.5. The van der Waals surface area contributed by atoms with E-state index in [-0.39, 0.29) is 57.7 Å². The minimum Gasteiger partial charge on any atom is -0.493 e. The molecule has 0 saturated heterocycles. The molecule has 0 aliphatic carbocycles. The van der Waals surface area contributed by atoms with E-state index >= 15 is 0 Å². The lowest BCUT2D eigenvalue weighted by atomic mass is 10.1. The Kier molecular flexibility index (Phi) is 11.0. The van der Waals surface area contributed by atoms with Crippen LogP contribution in [0.1, 0.15) is 43.6 Å². The van der Waals surface area contributed by atoms with Gasteiger partial charge in [-0.2, -0.15) is 5.10 Å². The maximum atomic E-state index is 13.0. The van der Waals surface area contributed by atoms with Gasteiger partial charge in [-0.15, -0.1) is 0 Å². The predicted octanol–water partition coefficient (Wildman–Crippen LogP) is 5.25. The Labute approximate surface area is 269 Å². The number of nitrogens with zero attached hydrogens (tertiary/aromatic N) is 2. The Balaban J connectivity index is 1.46. The molecule has 47 heavy (non-hydrogen) atoms. The summed E-state index contributed by atoms with van der Waals surface area (Å²) < 4.78 is 27.2. The molecule has 0 heterocycles. The summed E-state index contributed by atoms with van der Waals surface area (Å²) >= 11 is 0. The summed E-state index contributed by atoms with van der Waals surface area (Å²) in [5.41, 5.74) is 3.44. The molecule has 2 N–H and O–H groups in total. The minimum atomic E-state index is -0.696. The van der Waals surface area contributed by atoms with Gasteiger partial charge >= 0.3 is 5.97 Å². The highest BCUT2D eigenvalue weighted by atomic mass is 16.6. The maximum absolute atomic E-state index is 13.0. The molecule has 0 aromatic heterocycles. The molecule has 0 bridgehead atoms. The van der Waals surface area contributed by atoms with Crippen molar-refractivity contribution in [2.75, 3.05) is 33.3 Å². The molecule has 4 aromatic carbocycles. The number of anilines is 1. The van der Waals surface area contributed by atoms with Gasteiger partial charge in [0, 0.05) is 17.7 Å². The summed E-state index contributed by atoms with van der Waals surface area (Å²) in [7, 11) is 4.32. The summed E-state index contributed by atoms with van der Waals surface area (Å²) in [6.45, 7) is 2.04. The Morgan fingerprint density at radius 1 is 0.809 bits per heavy atom. The SMILES string of the molecule is CCOc1cc(/C=N\NC(=O)c2ccccc2NC(=O)c2ccc([N+](=O)[O-])cc2)ccc1OC(=O)c1cc(OC)c(OC)c(OC)c1. The number of rotatable bonds is 13. The number of amides is 2. The summed E-state index contributed by atoms with van der Waals surface area (Å²) in [6, 6.07) is 19.0. The molecule has 4 rings (SSSR count). The van der Waals surface area contributed by atoms with Gasteiger partial charge in [0.25, 0.3) is 17.5 Å². The zero-order valence-electron chi connectivity index (χ0n) is 25.8. The third-order valence-electron chi connectivity index (χ3n) is 6.51. The first-order valence-electron chi connectivity index (χ1n) is 14.0. The fourth-order valence-corrected chi connectivity index (χ4v) is 4.26. The molecular formula is C33H30N4O10. The van der Waals surface area contributed by atoms with E-state index in [9.17, 15) is 24.5 Å². The van der Waals surface area contributed by atoms with E-state index in [4.69, 9.17) is 23.7 Å². The van der Waals surface area contributed by atoms with Crippen LogP contribution in [0.3, 0.4) is 0 Å². The number of benzene rings is 4. The van der Waals surface area contributed by atoms with Crippen molar-refractivity contribution in [3.8, 4) is 28.7 Å². The normalized spacial score (nSPS) is 10.6. The van der Waals surface area contributed by atoms with Crippen molar-refractivity contribution >= 4 is 35.4 Å². The van der Waals surface area contributed by atoms with Gasteiger partial charge in [-0.1, -0.05) is 12.1 Å².